The number of hydrogen-bond donors (Lipinski definition) is 1. The second-order valence-corrected chi connectivity index (χ2v) is 4.82. The Bertz CT molecular complexity index is 526. The summed E-state index contributed by atoms with van der Waals surface area (Å²) in [7, 11) is 1.58. The van der Waals surface area contributed by atoms with Crippen molar-refractivity contribution in [3.05, 3.63) is 35.1 Å². The van der Waals surface area contributed by atoms with E-state index in [0.29, 0.717) is 13.2 Å². The summed E-state index contributed by atoms with van der Waals surface area (Å²) in [6.07, 6.45) is 1.84. The average molecular weight is 281 g/mol. The smallest absolute Gasteiger partial charge is 0.335 e. The summed E-state index contributed by atoms with van der Waals surface area (Å²) in [4.78, 5) is 24.2. The Balaban J connectivity index is 2.09. The molecular weight excluding hydrogens is 265 g/mol. The zero-order valence-corrected chi connectivity index (χ0v) is 11.1. The van der Waals surface area contributed by atoms with Gasteiger partial charge in [-0.1, -0.05) is 0 Å². The van der Waals surface area contributed by atoms with Gasteiger partial charge >= 0.3 is 5.97 Å². The molecule has 20 heavy (non-hydrogen) atoms. The van der Waals surface area contributed by atoms with Crippen LogP contribution in [-0.2, 0) is 4.74 Å². The van der Waals surface area contributed by atoms with Crippen molar-refractivity contribution < 1.29 is 23.8 Å². The van der Waals surface area contributed by atoms with E-state index in [9.17, 15) is 14.0 Å². The van der Waals surface area contributed by atoms with Crippen LogP contribution in [0.25, 0.3) is 0 Å². The van der Waals surface area contributed by atoms with Crippen LogP contribution in [0.1, 0.15) is 33.6 Å². The molecule has 1 aliphatic heterocycles. The summed E-state index contributed by atoms with van der Waals surface area (Å²) in [5.74, 6) is -2.53. The van der Waals surface area contributed by atoms with Crippen molar-refractivity contribution in [3.8, 4) is 0 Å². The number of nitrogens with zero attached hydrogens (tertiary/aromatic N) is 1. The molecule has 0 aliphatic carbocycles. The first-order valence-electron chi connectivity index (χ1n) is 6.39. The maximum atomic E-state index is 13.8. The molecule has 6 heteroatoms. The topological polar surface area (TPSA) is 66.8 Å². The number of carboxylic acid groups (broad SMARTS) is 1. The van der Waals surface area contributed by atoms with Gasteiger partial charge in [0.1, 0.15) is 5.82 Å². The zero-order valence-electron chi connectivity index (χ0n) is 11.1. The molecule has 0 spiro atoms. The van der Waals surface area contributed by atoms with Gasteiger partial charge in [-0.25, -0.2) is 9.18 Å². The lowest BCUT2D eigenvalue weighted by Crippen LogP contribution is -2.34. The van der Waals surface area contributed by atoms with Crippen LogP contribution >= 0.6 is 0 Å². The van der Waals surface area contributed by atoms with Gasteiger partial charge < -0.3 is 14.7 Å². The van der Waals surface area contributed by atoms with Crippen LogP contribution < -0.4 is 0 Å². The van der Waals surface area contributed by atoms with Gasteiger partial charge in [-0.3, -0.25) is 4.79 Å². The van der Waals surface area contributed by atoms with E-state index in [2.05, 4.69) is 0 Å². The number of carboxylic acids is 1. The number of benzene rings is 1. The number of aromatic carboxylic acids is 1. The third kappa shape index (κ3) is 3.14. The Labute approximate surface area is 116 Å². The van der Waals surface area contributed by atoms with E-state index in [1.807, 2.05) is 0 Å². The van der Waals surface area contributed by atoms with Gasteiger partial charge in [-0.15, -0.1) is 0 Å². The molecular formula is C14H16FNO4. The highest BCUT2D eigenvalue weighted by Gasteiger charge is 2.23. The first-order valence-corrected chi connectivity index (χ1v) is 6.39. The normalized spacial score (nSPS) is 18.0. The van der Waals surface area contributed by atoms with Crippen LogP contribution in [0, 0.1) is 5.82 Å². The summed E-state index contributed by atoms with van der Waals surface area (Å²) < 4.78 is 19.2. The molecule has 1 saturated heterocycles. The summed E-state index contributed by atoms with van der Waals surface area (Å²) in [6, 6.07) is 3.28. The molecule has 1 fully saturated rings. The van der Waals surface area contributed by atoms with E-state index in [1.165, 1.54) is 17.0 Å². The molecule has 1 N–H and O–H groups in total. The molecule has 0 unspecified atom stereocenters. The van der Waals surface area contributed by atoms with E-state index in [-0.39, 0.29) is 17.2 Å². The Morgan fingerprint density at radius 2 is 2.25 bits per heavy atom. The molecule has 1 aromatic rings. The number of likely N-dealkylation sites (N-methyl/N-ethyl adjacent to an activating group) is 1. The molecule has 0 radical (unpaired) electrons. The third-order valence-electron chi connectivity index (χ3n) is 3.29. The molecule has 1 heterocycles. The predicted molar refractivity (Wildman–Crippen MR) is 69.3 cm³/mol. The van der Waals surface area contributed by atoms with E-state index >= 15 is 0 Å². The van der Waals surface area contributed by atoms with Gasteiger partial charge in [0.15, 0.2) is 0 Å². The molecule has 1 aliphatic rings. The number of amides is 1. The number of carbonyl (C=O) groups is 2. The summed E-state index contributed by atoms with van der Waals surface area (Å²) >= 11 is 0. The third-order valence-corrected chi connectivity index (χ3v) is 3.29. The maximum Gasteiger partial charge on any atom is 0.335 e. The van der Waals surface area contributed by atoms with Gasteiger partial charge in [0.25, 0.3) is 5.91 Å². The Morgan fingerprint density at radius 3 is 2.80 bits per heavy atom. The van der Waals surface area contributed by atoms with Crippen molar-refractivity contribution in [2.24, 2.45) is 0 Å². The maximum absolute atomic E-state index is 13.8. The number of ether oxygens (including phenoxy) is 1. The van der Waals surface area contributed by atoms with Crippen molar-refractivity contribution in [3.63, 3.8) is 0 Å². The Kier molecular flexibility index (Phi) is 4.34. The van der Waals surface area contributed by atoms with Crippen molar-refractivity contribution in [1.82, 2.24) is 4.90 Å². The minimum absolute atomic E-state index is 0.00898. The minimum Gasteiger partial charge on any atom is -0.478 e. The second-order valence-electron chi connectivity index (χ2n) is 4.82. The first-order chi connectivity index (χ1) is 9.49. The SMILES string of the molecule is CN(C[C@@H]1CCCO1)C(=O)c1ccc(C(=O)O)cc1F. The molecule has 1 aromatic carbocycles. The van der Waals surface area contributed by atoms with Crippen LogP contribution in [0.15, 0.2) is 18.2 Å². The monoisotopic (exact) mass is 281 g/mol. The van der Waals surface area contributed by atoms with Gasteiger partial charge in [0.05, 0.1) is 17.2 Å². The number of halogens is 1. The molecule has 2 rings (SSSR count). The molecule has 0 aromatic heterocycles. The van der Waals surface area contributed by atoms with Crippen LogP contribution in [-0.4, -0.2) is 48.2 Å². The molecule has 0 bridgehead atoms. The average Bonchev–Trinajstić information content (AvgIpc) is 2.90. The number of rotatable bonds is 4. The molecule has 5 nitrogen and oxygen atoms in total. The van der Waals surface area contributed by atoms with Crippen molar-refractivity contribution in [1.29, 1.82) is 0 Å². The number of hydrogen-bond acceptors (Lipinski definition) is 3. The van der Waals surface area contributed by atoms with E-state index < -0.39 is 17.7 Å². The Hall–Kier alpha value is -1.95. The summed E-state index contributed by atoms with van der Waals surface area (Å²) in [5, 5.41) is 8.76. The highest BCUT2D eigenvalue weighted by atomic mass is 19.1. The molecule has 1 amide bonds. The van der Waals surface area contributed by atoms with Crippen LogP contribution in [0.2, 0.25) is 0 Å². The number of carbonyl (C=O) groups excluding carboxylic acids is 1. The van der Waals surface area contributed by atoms with E-state index in [4.69, 9.17) is 9.84 Å². The fourth-order valence-corrected chi connectivity index (χ4v) is 2.20. The molecule has 0 saturated carbocycles. The lowest BCUT2D eigenvalue weighted by atomic mass is 10.1. The zero-order chi connectivity index (χ0) is 14.7. The Morgan fingerprint density at radius 1 is 1.50 bits per heavy atom. The molecule has 108 valence electrons. The lowest BCUT2D eigenvalue weighted by Gasteiger charge is -2.21. The predicted octanol–water partition coefficient (Wildman–Crippen LogP) is 1.77. The van der Waals surface area contributed by atoms with Gasteiger partial charge in [0, 0.05) is 20.2 Å². The summed E-state index contributed by atoms with van der Waals surface area (Å²) in [6.45, 7) is 1.09. The standard InChI is InChI=1S/C14H16FNO4/c1-16(8-10-3-2-6-20-10)13(17)11-5-4-9(14(18)19)7-12(11)15/h4-5,7,10H,2-3,6,8H2,1H3,(H,18,19)/t10-/m0/s1. The van der Waals surface area contributed by atoms with Gasteiger partial charge in [0.2, 0.25) is 0 Å². The minimum atomic E-state index is -1.23. The van der Waals surface area contributed by atoms with Crippen LogP contribution in [0.5, 0.6) is 0 Å². The van der Waals surface area contributed by atoms with E-state index in [0.717, 1.165) is 18.9 Å². The van der Waals surface area contributed by atoms with Crippen LogP contribution in [0.4, 0.5) is 4.39 Å². The van der Waals surface area contributed by atoms with E-state index in [1.54, 1.807) is 7.05 Å². The lowest BCUT2D eigenvalue weighted by molar-refractivity contribution is 0.0582. The highest BCUT2D eigenvalue weighted by Crippen LogP contribution is 2.16. The van der Waals surface area contributed by atoms with Crippen molar-refractivity contribution in [2.45, 2.75) is 18.9 Å². The van der Waals surface area contributed by atoms with Crippen molar-refractivity contribution >= 4 is 11.9 Å². The molecule has 1 atom stereocenters. The second kappa shape index (κ2) is 6.00. The summed E-state index contributed by atoms with van der Waals surface area (Å²) in [5.41, 5.74) is -0.309. The fraction of sp³-hybridized carbons (Fsp3) is 0.429. The fourth-order valence-electron chi connectivity index (χ4n) is 2.20. The highest BCUT2D eigenvalue weighted by molar-refractivity contribution is 5.96. The van der Waals surface area contributed by atoms with Gasteiger partial charge in [-0.2, -0.15) is 0 Å². The van der Waals surface area contributed by atoms with Crippen molar-refractivity contribution in [2.75, 3.05) is 20.2 Å². The van der Waals surface area contributed by atoms with Gasteiger partial charge in [-0.05, 0) is 31.0 Å². The largest absolute Gasteiger partial charge is 0.478 e. The first kappa shape index (κ1) is 14.5. The quantitative estimate of drug-likeness (QED) is 0.913. The van der Waals surface area contributed by atoms with Crippen LogP contribution in [0.3, 0.4) is 0 Å².